The molecule has 1 aromatic heterocycles. The monoisotopic (exact) mass is 222 g/mol. The fourth-order valence-electron chi connectivity index (χ4n) is 1.33. The highest BCUT2D eigenvalue weighted by atomic mass is 35.5. The van der Waals surface area contributed by atoms with Gasteiger partial charge in [-0.25, -0.2) is 4.79 Å². The first-order valence-electron chi connectivity index (χ1n) is 4.21. The maximum Gasteiger partial charge on any atom is 0.354 e. The number of carboxylic acids is 1. The number of hydrogen-bond donors (Lipinski definition) is 2. The molecule has 0 spiro atoms. The Morgan fingerprint density at radius 2 is 2.07 bits per heavy atom. The van der Waals surface area contributed by atoms with Crippen LogP contribution in [0.4, 0.5) is 0 Å². The first kappa shape index (κ1) is 9.73. The third-order valence-electron chi connectivity index (χ3n) is 2.02. The lowest BCUT2D eigenvalue weighted by Crippen LogP contribution is -1.98. The van der Waals surface area contributed by atoms with E-state index in [-0.39, 0.29) is 5.69 Å². The molecular weight excluding hydrogens is 216 g/mol. The van der Waals surface area contributed by atoms with Crippen molar-refractivity contribution in [2.45, 2.75) is 0 Å². The van der Waals surface area contributed by atoms with Crippen LogP contribution >= 0.6 is 11.6 Å². The second-order valence-electron chi connectivity index (χ2n) is 2.94. The van der Waals surface area contributed by atoms with Crippen LogP contribution in [0.1, 0.15) is 10.5 Å². The minimum absolute atomic E-state index is 0.0445. The molecule has 76 valence electrons. The van der Waals surface area contributed by atoms with E-state index in [4.69, 9.17) is 16.7 Å². The van der Waals surface area contributed by atoms with E-state index in [1.54, 1.807) is 24.3 Å². The van der Waals surface area contributed by atoms with Crippen LogP contribution in [0.15, 0.2) is 30.5 Å². The summed E-state index contributed by atoms with van der Waals surface area (Å²) in [6.45, 7) is 0. The van der Waals surface area contributed by atoms with Gasteiger partial charge in [-0.2, -0.15) is 5.10 Å². The van der Waals surface area contributed by atoms with Gasteiger partial charge in [0.05, 0.1) is 6.20 Å². The van der Waals surface area contributed by atoms with E-state index in [1.165, 1.54) is 6.20 Å². The van der Waals surface area contributed by atoms with Gasteiger partial charge in [0.25, 0.3) is 0 Å². The fourth-order valence-corrected chi connectivity index (χ4v) is 1.57. The lowest BCUT2D eigenvalue weighted by atomic mass is 10.1. The lowest BCUT2D eigenvalue weighted by Gasteiger charge is -2.01. The Hall–Kier alpha value is -1.81. The van der Waals surface area contributed by atoms with Gasteiger partial charge >= 0.3 is 5.97 Å². The topological polar surface area (TPSA) is 66.0 Å². The van der Waals surface area contributed by atoms with Crippen LogP contribution < -0.4 is 0 Å². The molecule has 5 heteroatoms. The summed E-state index contributed by atoms with van der Waals surface area (Å²) in [4.78, 5) is 10.9. The number of hydrogen-bond acceptors (Lipinski definition) is 2. The van der Waals surface area contributed by atoms with Crippen LogP contribution in [-0.2, 0) is 0 Å². The van der Waals surface area contributed by atoms with Gasteiger partial charge in [0.1, 0.15) is 0 Å². The Morgan fingerprint density at radius 1 is 1.33 bits per heavy atom. The highest BCUT2D eigenvalue weighted by Crippen LogP contribution is 2.28. The summed E-state index contributed by atoms with van der Waals surface area (Å²) in [6.07, 6.45) is 1.45. The summed E-state index contributed by atoms with van der Waals surface area (Å²) in [7, 11) is 0. The van der Waals surface area contributed by atoms with E-state index in [0.717, 1.165) is 0 Å². The van der Waals surface area contributed by atoms with E-state index in [0.29, 0.717) is 16.1 Å². The van der Waals surface area contributed by atoms with Crippen LogP contribution in [0, 0.1) is 0 Å². The second-order valence-corrected chi connectivity index (χ2v) is 3.35. The molecule has 0 aliphatic rings. The Morgan fingerprint density at radius 3 is 2.73 bits per heavy atom. The van der Waals surface area contributed by atoms with Crippen molar-refractivity contribution in [1.82, 2.24) is 10.2 Å². The van der Waals surface area contributed by atoms with Crippen LogP contribution in [0.3, 0.4) is 0 Å². The second kappa shape index (κ2) is 3.74. The number of aromatic amines is 1. The number of carboxylic acid groups (broad SMARTS) is 1. The van der Waals surface area contributed by atoms with Gasteiger partial charge in [0, 0.05) is 16.1 Å². The number of H-pyrrole nitrogens is 1. The summed E-state index contributed by atoms with van der Waals surface area (Å²) in [5.74, 6) is -1.05. The normalized spacial score (nSPS) is 10.2. The molecular formula is C10H7ClN2O2. The van der Waals surface area contributed by atoms with Crippen molar-refractivity contribution in [1.29, 1.82) is 0 Å². The zero-order valence-corrected chi connectivity index (χ0v) is 8.32. The maximum atomic E-state index is 10.9. The average Bonchev–Trinajstić information content (AvgIpc) is 2.67. The number of nitrogens with one attached hydrogen (secondary N) is 1. The molecule has 2 N–H and O–H groups in total. The van der Waals surface area contributed by atoms with Gasteiger partial charge < -0.3 is 5.11 Å². The molecule has 1 aromatic carbocycles. The minimum atomic E-state index is -1.05. The van der Waals surface area contributed by atoms with Gasteiger partial charge in [-0.15, -0.1) is 0 Å². The molecule has 4 nitrogen and oxygen atoms in total. The fraction of sp³-hybridized carbons (Fsp3) is 0. The van der Waals surface area contributed by atoms with Crippen molar-refractivity contribution >= 4 is 17.6 Å². The predicted octanol–water partition coefficient (Wildman–Crippen LogP) is 2.43. The Balaban J connectivity index is 2.59. The smallest absolute Gasteiger partial charge is 0.354 e. The number of aromatic nitrogens is 2. The number of carbonyl (C=O) groups is 1. The number of nitrogens with zero attached hydrogens (tertiary/aromatic N) is 1. The molecule has 1 heterocycles. The predicted molar refractivity (Wildman–Crippen MR) is 56.0 cm³/mol. The molecule has 0 amide bonds. The molecule has 0 aliphatic carbocycles. The van der Waals surface area contributed by atoms with Gasteiger partial charge in [0.2, 0.25) is 0 Å². The Bertz CT molecular complexity index is 508. The van der Waals surface area contributed by atoms with E-state index < -0.39 is 5.97 Å². The van der Waals surface area contributed by atoms with Gasteiger partial charge in [0.15, 0.2) is 5.69 Å². The molecule has 0 bridgehead atoms. The zero-order valence-electron chi connectivity index (χ0n) is 7.57. The van der Waals surface area contributed by atoms with Crippen molar-refractivity contribution in [3.63, 3.8) is 0 Å². The molecule has 2 rings (SSSR count). The van der Waals surface area contributed by atoms with Gasteiger partial charge in [-0.05, 0) is 6.07 Å². The molecule has 0 aliphatic heterocycles. The Kier molecular flexibility index (Phi) is 2.43. The molecule has 15 heavy (non-hydrogen) atoms. The lowest BCUT2D eigenvalue weighted by molar-refractivity contribution is 0.0691. The van der Waals surface area contributed by atoms with Crippen LogP contribution in [0.25, 0.3) is 11.1 Å². The largest absolute Gasteiger partial charge is 0.477 e. The summed E-state index contributed by atoms with van der Waals surface area (Å²) in [5.41, 5.74) is 1.20. The third kappa shape index (κ3) is 1.71. The first-order valence-corrected chi connectivity index (χ1v) is 4.59. The molecule has 0 saturated heterocycles. The number of rotatable bonds is 2. The van der Waals surface area contributed by atoms with Crippen LogP contribution in [-0.4, -0.2) is 21.3 Å². The zero-order chi connectivity index (χ0) is 10.8. The number of aromatic carboxylic acids is 1. The quantitative estimate of drug-likeness (QED) is 0.820. The average molecular weight is 223 g/mol. The maximum absolute atomic E-state index is 10.9. The molecule has 0 unspecified atom stereocenters. The first-order chi connectivity index (χ1) is 7.20. The van der Waals surface area contributed by atoms with Crippen molar-refractivity contribution in [3.8, 4) is 11.1 Å². The molecule has 2 aromatic rings. The van der Waals surface area contributed by atoms with Gasteiger partial charge in [-0.3, -0.25) is 5.10 Å². The molecule has 0 radical (unpaired) electrons. The van der Waals surface area contributed by atoms with E-state index in [9.17, 15) is 4.79 Å². The summed E-state index contributed by atoms with van der Waals surface area (Å²) in [6, 6.07) is 7.03. The molecule has 0 fully saturated rings. The van der Waals surface area contributed by atoms with E-state index in [2.05, 4.69) is 10.2 Å². The standard InChI is InChI=1S/C10H7ClN2O2/c11-8-4-2-1-3-6(8)7-5-12-13-9(7)10(14)15/h1-5H,(H,12,13)(H,14,15). The minimum Gasteiger partial charge on any atom is -0.477 e. The Labute approximate surface area is 90.5 Å². The number of benzene rings is 1. The highest BCUT2D eigenvalue weighted by molar-refractivity contribution is 6.33. The number of halogens is 1. The SMILES string of the molecule is O=C(O)c1[nH]ncc1-c1ccccc1Cl. The molecule has 0 atom stereocenters. The van der Waals surface area contributed by atoms with Crippen molar-refractivity contribution in [3.05, 3.63) is 41.2 Å². The summed E-state index contributed by atoms with van der Waals surface area (Å²) >= 11 is 5.96. The van der Waals surface area contributed by atoms with E-state index >= 15 is 0 Å². The summed E-state index contributed by atoms with van der Waals surface area (Å²) < 4.78 is 0. The van der Waals surface area contributed by atoms with Crippen molar-refractivity contribution in [2.75, 3.05) is 0 Å². The third-order valence-corrected chi connectivity index (χ3v) is 2.35. The highest BCUT2D eigenvalue weighted by Gasteiger charge is 2.15. The van der Waals surface area contributed by atoms with Crippen molar-refractivity contribution < 1.29 is 9.90 Å². The molecule has 0 saturated carbocycles. The van der Waals surface area contributed by atoms with Crippen molar-refractivity contribution in [2.24, 2.45) is 0 Å². The van der Waals surface area contributed by atoms with Crippen LogP contribution in [0.5, 0.6) is 0 Å². The van der Waals surface area contributed by atoms with Crippen LogP contribution in [0.2, 0.25) is 5.02 Å². The van der Waals surface area contributed by atoms with Gasteiger partial charge in [-0.1, -0.05) is 29.8 Å². The summed E-state index contributed by atoms with van der Waals surface area (Å²) in [5, 5.41) is 15.5. The van der Waals surface area contributed by atoms with E-state index in [1.807, 2.05) is 0 Å².